The third-order valence-corrected chi connectivity index (χ3v) is 6.09. The summed E-state index contributed by atoms with van der Waals surface area (Å²) in [5.74, 6) is 0.269. The molecule has 39 heavy (non-hydrogen) atoms. The molecule has 0 aliphatic carbocycles. The number of benzene rings is 3. The van der Waals surface area contributed by atoms with E-state index in [9.17, 15) is 14.7 Å². The molecule has 1 aliphatic heterocycles. The highest BCUT2D eigenvalue weighted by molar-refractivity contribution is 6.51. The normalized spacial score (nSPS) is 16.7. The first-order valence-corrected chi connectivity index (χ1v) is 13.2. The second-order valence-corrected chi connectivity index (χ2v) is 10.1. The number of ether oxygens (including phenoxy) is 3. The number of hydrogen-bond donors (Lipinski definition) is 1. The molecule has 1 saturated heterocycles. The van der Waals surface area contributed by atoms with Crippen molar-refractivity contribution in [2.24, 2.45) is 5.92 Å². The van der Waals surface area contributed by atoms with E-state index in [2.05, 4.69) is 0 Å². The molecule has 1 N–H and O–H groups in total. The Hall–Kier alpha value is -4.26. The van der Waals surface area contributed by atoms with E-state index in [1.807, 2.05) is 52.8 Å². The van der Waals surface area contributed by atoms with Crippen molar-refractivity contribution in [1.29, 1.82) is 0 Å². The zero-order chi connectivity index (χ0) is 28.1. The lowest BCUT2D eigenvalue weighted by Gasteiger charge is -2.26. The van der Waals surface area contributed by atoms with E-state index < -0.39 is 17.7 Å². The van der Waals surface area contributed by atoms with E-state index in [0.717, 1.165) is 0 Å². The first-order chi connectivity index (χ1) is 18.7. The van der Waals surface area contributed by atoms with E-state index in [1.54, 1.807) is 54.6 Å². The number of amides is 1. The molecule has 0 bridgehead atoms. The summed E-state index contributed by atoms with van der Waals surface area (Å²) in [5, 5.41) is 11.5. The standard InChI is InChI=1S/C32H35NO6/c1-6-37-26-14-9-12-24(18-26)33-29(22-10-7-15-27(16-22)39-21(4)5)28(31(35)32(33)36)30(34)23-11-8-13-25(17-23)38-19-20(2)3/h7-18,20-21,29,34H,6,19H2,1-5H3/b30-28+. The summed E-state index contributed by atoms with van der Waals surface area (Å²) in [6.07, 6.45) is -0.0666. The van der Waals surface area contributed by atoms with Crippen molar-refractivity contribution < 1.29 is 28.9 Å². The fourth-order valence-electron chi connectivity index (χ4n) is 4.49. The summed E-state index contributed by atoms with van der Waals surface area (Å²) in [4.78, 5) is 28.5. The number of carbonyl (C=O) groups is 2. The minimum absolute atomic E-state index is 0.00970. The van der Waals surface area contributed by atoms with Crippen LogP contribution in [0.25, 0.3) is 5.76 Å². The van der Waals surface area contributed by atoms with Gasteiger partial charge in [0.2, 0.25) is 0 Å². The molecule has 1 aliphatic rings. The molecule has 7 heteroatoms. The molecule has 7 nitrogen and oxygen atoms in total. The van der Waals surface area contributed by atoms with Crippen molar-refractivity contribution in [1.82, 2.24) is 0 Å². The van der Waals surface area contributed by atoms with Crippen molar-refractivity contribution >= 4 is 23.1 Å². The average Bonchev–Trinajstić information content (AvgIpc) is 3.17. The minimum atomic E-state index is -0.891. The lowest BCUT2D eigenvalue weighted by Crippen LogP contribution is -2.29. The monoisotopic (exact) mass is 529 g/mol. The lowest BCUT2D eigenvalue weighted by atomic mass is 9.95. The Kier molecular flexibility index (Phi) is 8.59. The van der Waals surface area contributed by atoms with Gasteiger partial charge in [-0.15, -0.1) is 0 Å². The Balaban J connectivity index is 1.88. The molecule has 0 radical (unpaired) electrons. The fourth-order valence-corrected chi connectivity index (χ4v) is 4.49. The first-order valence-electron chi connectivity index (χ1n) is 13.2. The van der Waals surface area contributed by atoms with E-state index in [1.165, 1.54) is 4.90 Å². The van der Waals surface area contributed by atoms with E-state index in [0.29, 0.717) is 53.2 Å². The summed E-state index contributed by atoms with van der Waals surface area (Å²) in [6.45, 7) is 10.8. The number of nitrogens with zero attached hydrogens (tertiary/aromatic N) is 1. The number of aliphatic hydroxyl groups excluding tert-OH is 1. The van der Waals surface area contributed by atoms with Crippen LogP contribution in [-0.4, -0.2) is 36.1 Å². The van der Waals surface area contributed by atoms with E-state index >= 15 is 0 Å². The van der Waals surface area contributed by atoms with Gasteiger partial charge in [-0.05, 0) is 68.7 Å². The quantitative estimate of drug-likeness (QED) is 0.183. The average molecular weight is 530 g/mol. The highest BCUT2D eigenvalue weighted by atomic mass is 16.5. The zero-order valence-electron chi connectivity index (χ0n) is 23.0. The Morgan fingerprint density at radius 3 is 2.23 bits per heavy atom. The van der Waals surface area contributed by atoms with Gasteiger partial charge in [0.15, 0.2) is 0 Å². The van der Waals surface area contributed by atoms with Gasteiger partial charge in [0.25, 0.3) is 11.7 Å². The first kappa shape index (κ1) is 27.8. The van der Waals surface area contributed by atoms with Gasteiger partial charge in [0.1, 0.15) is 23.0 Å². The molecule has 3 aromatic rings. The van der Waals surface area contributed by atoms with Crippen molar-refractivity contribution in [2.45, 2.75) is 46.8 Å². The third-order valence-electron chi connectivity index (χ3n) is 6.09. The third kappa shape index (κ3) is 6.25. The van der Waals surface area contributed by atoms with Gasteiger partial charge >= 0.3 is 0 Å². The van der Waals surface area contributed by atoms with Gasteiger partial charge in [-0.3, -0.25) is 14.5 Å². The Morgan fingerprint density at radius 1 is 0.872 bits per heavy atom. The molecular weight excluding hydrogens is 494 g/mol. The van der Waals surface area contributed by atoms with E-state index in [4.69, 9.17) is 14.2 Å². The predicted octanol–water partition coefficient (Wildman–Crippen LogP) is 6.53. The summed E-state index contributed by atoms with van der Waals surface area (Å²) in [6, 6.07) is 20.3. The highest BCUT2D eigenvalue weighted by Crippen LogP contribution is 2.43. The van der Waals surface area contributed by atoms with Gasteiger partial charge in [-0.25, -0.2) is 0 Å². The number of Topliss-reactive ketones (excluding diaryl/α,β-unsaturated/α-hetero) is 1. The smallest absolute Gasteiger partial charge is 0.300 e. The molecular formula is C32H35NO6. The predicted molar refractivity (Wildman–Crippen MR) is 151 cm³/mol. The van der Waals surface area contributed by atoms with Crippen molar-refractivity contribution in [3.8, 4) is 17.2 Å². The van der Waals surface area contributed by atoms with Crippen LogP contribution in [0, 0.1) is 5.92 Å². The summed E-state index contributed by atoms with van der Waals surface area (Å²) in [5.41, 5.74) is 1.49. The summed E-state index contributed by atoms with van der Waals surface area (Å²) >= 11 is 0. The SMILES string of the molecule is CCOc1cccc(N2C(=O)C(=O)/C(=C(/O)c3cccc(OCC(C)C)c3)C2c2cccc(OC(C)C)c2)c1. The van der Waals surface area contributed by atoms with Crippen LogP contribution in [-0.2, 0) is 9.59 Å². The molecule has 1 fully saturated rings. The molecule has 1 heterocycles. The Bertz CT molecular complexity index is 1380. The van der Waals surface area contributed by atoms with Crippen LogP contribution in [0.2, 0.25) is 0 Å². The van der Waals surface area contributed by atoms with Crippen LogP contribution in [0.4, 0.5) is 5.69 Å². The number of rotatable bonds is 10. The molecule has 0 spiro atoms. The second-order valence-electron chi connectivity index (χ2n) is 10.1. The van der Waals surface area contributed by atoms with Crippen molar-refractivity contribution in [3.63, 3.8) is 0 Å². The molecule has 0 aromatic heterocycles. The topological polar surface area (TPSA) is 85.3 Å². The summed E-state index contributed by atoms with van der Waals surface area (Å²) in [7, 11) is 0. The minimum Gasteiger partial charge on any atom is -0.507 e. The van der Waals surface area contributed by atoms with Gasteiger partial charge in [-0.1, -0.05) is 44.2 Å². The van der Waals surface area contributed by atoms with E-state index in [-0.39, 0.29) is 17.4 Å². The van der Waals surface area contributed by atoms with Crippen LogP contribution in [0.5, 0.6) is 17.2 Å². The van der Waals surface area contributed by atoms with Crippen molar-refractivity contribution in [2.75, 3.05) is 18.1 Å². The summed E-state index contributed by atoms with van der Waals surface area (Å²) < 4.78 is 17.4. The van der Waals surface area contributed by atoms with Crippen LogP contribution in [0.15, 0.2) is 78.4 Å². The number of hydrogen-bond acceptors (Lipinski definition) is 6. The maximum Gasteiger partial charge on any atom is 0.300 e. The highest BCUT2D eigenvalue weighted by Gasteiger charge is 2.47. The number of aliphatic hydroxyl groups is 1. The molecule has 3 aromatic carbocycles. The number of ketones is 1. The fraction of sp³-hybridized carbons (Fsp3) is 0.312. The molecule has 1 atom stereocenters. The lowest BCUT2D eigenvalue weighted by molar-refractivity contribution is -0.132. The molecule has 1 amide bonds. The van der Waals surface area contributed by atoms with Crippen LogP contribution < -0.4 is 19.1 Å². The number of anilines is 1. The number of carbonyl (C=O) groups excluding carboxylic acids is 2. The van der Waals surface area contributed by atoms with Crippen LogP contribution >= 0.6 is 0 Å². The van der Waals surface area contributed by atoms with Gasteiger partial charge in [0, 0.05) is 17.3 Å². The Morgan fingerprint density at radius 2 is 1.54 bits per heavy atom. The van der Waals surface area contributed by atoms with Gasteiger partial charge in [-0.2, -0.15) is 0 Å². The van der Waals surface area contributed by atoms with Crippen LogP contribution in [0.1, 0.15) is 51.8 Å². The largest absolute Gasteiger partial charge is 0.507 e. The Labute approximate surface area is 229 Å². The molecule has 0 saturated carbocycles. The van der Waals surface area contributed by atoms with Gasteiger partial charge in [0.05, 0.1) is 30.9 Å². The van der Waals surface area contributed by atoms with Gasteiger partial charge < -0.3 is 19.3 Å². The second kappa shape index (κ2) is 12.1. The zero-order valence-corrected chi connectivity index (χ0v) is 23.0. The molecule has 204 valence electrons. The maximum atomic E-state index is 13.6. The van der Waals surface area contributed by atoms with Crippen LogP contribution in [0.3, 0.4) is 0 Å². The molecule has 1 unspecified atom stereocenters. The molecule has 4 rings (SSSR count). The van der Waals surface area contributed by atoms with Crippen molar-refractivity contribution in [3.05, 3.63) is 89.5 Å². The maximum absolute atomic E-state index is 13.6.